The van der Waals surface area contributed by atoms with E-state index in [1.807, 2.05) is 11.0 Å². The number of nitrogens with one attached hydrogen (secondary N) is 1. The lowest BCUT2D eigenvalue weighted by molar-refractivity contribution is -0.132. The van der Waals surface area contributed by atoms with Crippen molar-refractivity contribution in [2.24, 2.45) is 0 Å². The van der Waals surface area contributed by atoms with Crippen LogP contribution in [0.3, 0.4) is 0 Å². The quantitative estimate of drug-likeness (QED) is 0.941. The van der Waals surface area contributed by atoms with Gasteiger partial charge in [0, 0.05) is 37.3 Å². The molecule has 1 unspecified atom stereocenters. The second-order valence-electron chi connectivity index (χ2n) is 6.62. The van der Waals surface area contributed by atoms with Gasteiger partial charge >= 0.3 is 0 Å². The molecule has 1 N–H and O–H groups in total. The lowest BCUT2D eigenvalue weighted by atomic mass is 9.94. The fourth-order valence-electron chi connectivity index (χ4n) is 3.48. The molecule has 0 saturated carbocycles. The first-order valence-corrected chi connectivity index (χ1v) is 8.46. The zero-order valence-electron chi connectivity index (χ0n) is 14.0. The largest absolute Gasteiger partial charge is 0.342 e. The lowest BCUT2D eigenvalue weighted by Crippen LogP contribution is -2.39. The molecule has 1 fully saturated rings. The van der Waals surface area contributed by atoms with E-state index in [-0.39, 0.29) is 5.91 Å². The Balaban J connectivity index is 1.57. The number of likely N-dealkylation sites (tertiary alicyclic amines) is 1. The number of carbonyl (C=O) groups excluding carboxylic acids is 1. The summed E-state index contributed by atoms with van der Waals surface area (Å²) in [6.07, 6.45) is 5.41. The molecule has 1 aliphatic rings. The van der Waals surface area contributed by atoms with E-state index in [9.17, 15) is 4.79 Å². The van der Waals surface area contributed by atoms with Crippen molar-refractivity contribution in [3.63, 3.8) is 0 Å². The number of aromatic nitrogens is 2. The van der Waals surface area contributed by atoms with Gasteiger partial charge in [-0.15, -0.1) is 0 Å². The molecule has 0 radical (unpaired) electrons. The number of carbonyl (C=O) groups is 1. The maximum Gasteiger partial charge on any atom is 0.222 e. The third kappa shape index (κ3) is 3.81. The summed E-state index contributed by atoms with van der Waals surface area (Å²) >= 11 is 0. The average Bonchev–Trinajstić information content (AvgIpc) is 3.08. The van der Waals surface area contributed by atoms with Crippen molar-refractivity contribution in [2.45, 2.75) is 45.4 Å². The van der Waals surface area contributed by atoms with E-state index >= 15 is 0 Å². The van der Waals surface area contributed by atoms with Gasteiger partial charge in [-0.1, -0.05) is 23.8 Å². The predicted molar refractivity (Wildman–Crippen MR) is 91.4 cm³/mol. The molecular weight excluding hydrogens is 286 g/mol. The second kappa shape index (κ2) is 6.99. The average molecular weight is 311 g/mol. The van der Waals surface area contributed by atoms with Gasteiger partial charge in [0.2, 0.25) is 5.91 Å². The summed E-state index contributed by atoms with van der Waals surface area (Å²) in [6, 6.07) is 8.49. The highest BCUT2D eigenvalue weighted by Gasteiger charge is 2.25. The Morgan fingerprint density at radius 3 is 2.96 bits per heavy atom. The van der Waals surface area contributed by atoms with Gasteiger partial charge in [0.05, 0.1) is 0 Å². The van der Waals surface area contributed by atoms with E-state index < -0.39 is 0 Å². The normalized spacial score (nSPS) is 18.2. The number of benzene rings is 1. The molecule has 1 aromatic carbocycles. The van der Waals surface area contributed by atoms with Crippen LogP contribution in [-0.4, -0.2) is 34.1 Å². The number of aryl methyl sites for hydroxylation is 3. The van der Waals surface area contributed by atoms with E-state index in [4.69, 9.17) is 0 Å². The first kappa shape index (κ1) is 15.8. The van der Waals surface area contributed by atoms with Gasteiger partial charge in [0.15, 0.2) is 0 Å². The lowest BCUT2D eigenvalue weighted by Gasteiger charge is -2.32. The number of piperidine rings is 1. The minimum absolute atomic E-state index is 0.272. The van der Waals surface area contributed by atoms with Crippen LogP contribution in [0.2, 0.25) is 0 Å². The maximum absolute atomic E-state index is 12.6. The molecule has 2 heterocycles. The van der Waals surface area contributed by atoms with Crippen molar-refractivity contribution in [3.05, 3.63) is 52.8 Å². The van der Waals surface area contributed by atoms with Crippen molar-refractivity contribution in [2.75, 3.05) is 13.1 Å². The van der Waals surface area contributed by atoms with Gasteiger partial charge in [-0.05, 0) is 50.3 Å². The molecule has 1 saturated heterocycles. The SMILES string of the molecule is Cc1ccc(CCC(=O)N2CCCC(c3ccn[nH]3)C2)c(C)c1. The summed E-state index contributed by atoms with van der Waals surface area (Å²) in [5.41, 5.74) is 4.99. The molecule has 0 spiro atoms. The Morgan fingerprint density at radius 1 is 1.35 bits per heavy atom. The van der Waals surface area contributed by atoms with Crippen LogP contribution in [0.15, 0.2) is 30.5 Å². The third-order valence-electron chi connectivity index (χ3n) is 4.84. The number of rotatable bonds is 4. The van der Waals surface area contributed by atoms with Crippen LogP contribution in [0, 0.1) is 13.8 Å². The van der Waals surface area contributed by atoms with Crippen LogP contribution in [0.25, 0.3) is 0 Å². The van der Waals surface area contributed by atoms with E-state index in [1.165, 1.54) is 16.7 Å². The Morgan fingerprint density at radius 2 is 2.22 bits per heavy atom. The molecule has 0 bridgehead atoms. The van der Waals surface area contributed by atoms with Gasteiger partial charge in [-0.3, -0.25) is 9.89 Å². The maximum atomic E-state index is 12.6. The number of H-pyrrole nitrogens is 1. The molecule has 122 valence electrons. The Bertz CT molecular complexity index is 663. The Hall–Kier alpha value is -2.10. The number of amides is 1. The van der Waals surface area contributed by atoms with Crippen molar-refractivity contribution in [1.82, 2.24) is 15.1 Å². The van der Waals surface area contributed by atoms with Crippen LogP contribution in [-0.2, 0) is 11.2 Å². The molecule has 1 amide bonds. The first-order chi connectivity index (χ1) is 11.1. The molecule has 1 aliphatic heterocycles. The van der Waals surface area contributed by atoms with Crippen LogP contribution in [0.1, 0.15) is 47.6 Å². The molecule has 0 aliphatic carbocycles. The van der Waals surface area contributed by atoms with Crippen LogP contribution < -0.4 is 0 Å². The van der Waals surface area contributed by atoms with E-state index in [1.54, 1.807) is 6.20 Å². The van der Waals surface area contributed by atoms with E-state index in [0.717, 1.165) is 38.0 Å². The second-order valence-corrected chi connectivity index (χ2v) is 6.62. The zero-order chi connectivity index (χ0) is 16.2. The van der Waals surface area contributed by atoms with Gasteiger partial charge in [0.1, 0.15) is 0 Å². The van der Waals surface area contributed by atoms with E-state index in [0.29, 0.717) is 12.3 Å². The summed E-state index contributed by atoms with van der Waals surface area (Å²) in [5.74, 6) is 0.672. The monoisotopic (exact) mass is 311 g/mol. The third-order valence-corrected chi connectivity index (χ3v) is 4.84. The summed E-state index contributed by atoms with van der Waals surface area (Å²) in [7, 11) is 0. The molecule has 23 heavy (non-hydrogen) atoms. The fraction of sp³-hybridized carbons (Fsp3) is 0.474. The topological polar surface area (TPSA) is 49.0 Å². The van der Waals surface area contributed by atoms with Gasteiger partial charge in [-0.25, -0.2) is 0 Å². The number of hydrogen-bond acceptors (Lipinski definition) is 2. The molecule has 1 aromatic heterocycles. The van der Waals surface area contributed by atoms with Gasteiger partial charge in [0.25, 0.3) is 0 Å². The predicted octanol–water partition coefficient (Wildman–Crippen LogP) is 3.37. The summed E-state index contributed by atoms with van der Waals surface area (Å²) in [6.45, 7) is 5.93. The fourth-order valence-corrected chi connectivity index (χ4v) is 3.48. The molecule has 2 aromatic rings. The summed E-state index contributed by atoms with van der Waals surface area (Å²) in [4.78, 5) is 14.6. The highest BCUT2D eigenvalue weighted by atomic mass is 16.2. The van der Waals surface area contributed by atoms with Crippen molar-refractivity contribution in [3.8, 4) is 0 Å². The minimum Gasteiger partial charge on any atom is -0.342 e. The van der Waals surface area contributed by atoms with Crippen LogP contribution in [0.4, 0.5) is 0 Å². The van der Waals surface area contributed by atoms with Crippen molar-refractivity contribution in [1.29, 1.82) is 0 Å². The van der Waals surface area contributed by atoms with Crippen LogP contribution in [0.5, 0.6) is 0 Å². The van der Waals surface area contributed by atoms with Crippen LogP contribution >= 0.6 is 0 Å². The van der Waals surface area contributed by atoms with Gasteiger partial charge < -0.3 is 4.90 Å². The highest BCUT2D eigenvalue weighted by Crippen LogP contribution is 2.25. The Labute approximate surface area is 137 Å². The smallest absolute Gasteiger partial charge is 0.222 e. The molecule has 4 heteroatoms. The molecular formula is C19H25N3O. The van der Waals surface area contributed by atoms with Crippen molar-refractivity contribution < 1.29 is 4.79 Å². The zero-order valence-corrected chi connectivity index (χ0v) is 14.0. The number of hydrogen-bond donors (Lipinski definition) is 1. The standard InChI is InChI=1S/C19H25N3O/c1-14-5-6-16(15(2)12-14)7-8-19(23)22-11-3-4-17(13-22)18-9-10-20-21-18/h5-6,9-10,12,17H,3-4,7-8,11,13H2,1-2H3,(H,20,21). The van der Waals surface area contributed by atoms with E-state index in [2.05, 4.69) is 42.2 Å². The highest BCUT2D eigenvalue weighted by molar-refractivity contribution is 5.76. The van der Waals surface area contributed by atoms with Crippen molar-refractivity contribution >= 4 is 5.91 Å². The molecule has 1 atom stereocenters. The summed E-state index contributed by atoms with van der Waals surface area (Å²) in [5, 5.41) is 7.08. The summed E-state index contributed by atoms with van der Waals surface area (Å²) < 4.78 is 0. The Kier molecular flexibility index (Phi) is 4.79. The number of nitrogens with zero attached hydrogens (tertiary/aromatic N) is 2. The number of aromatic amines is 1. The first-order valence-electron chi connectivity index (χ1n) is 8.46. The van der Waals surface area contributed by atoms with Gasteiger partial charge in [-0.2, -0.15) is 5.10 Å². The minimum atomic E-state index is 0.272. The molecule has 3 rings (SSSR count). The molecule has 4 nitrogen and oxygen atoms in total.